The SMILES string of the molecule is CC.CC.Nc1c(N=Nc2ccccc2)c(S(=O)(=O)O)cc2cc(SOOO)c(N=Nc3ccccc3)c(O)c12. The Morgan fingerprint density at radius 3 is 1.77 bits per heavy atom. The van der Waals surface area contributed by atoms with Gasteiger partial charge in [0.1, 0.15) is 16.3 Å². The molecule has 0 saturated heterocycles. The lowest BCUT2D eigenvalue weighted by Gasteiger charge is -2.14. The number of benzene rings is 4. The van der Waals surface area contributed by atoms with Crippen LogP contribution in [0.1, 0.15) is 27.7 Å². The first-order chi connectivity index (χ1) is 19.3. The van der Waals surface area contributed by atoms with E-state index in [2.05, 4.69) is 29.8 Å². The maximum absolute atomic E-state index is 12.1. The predicted molar refractivity (Wildman–Crippen MR) is 154 cm³/mol. The molecule has 40 heavy (non-hydrogen) atoms. The van der Waals surface area contributed by atoms with Gasteiger partial charge in [-0.25, -0.2) is 5.26 Å². The summed E-state index contributed by atoms with van der Waals surface area (Å²) in [7, 11) is -4.81. The molecule has 0 saturated carbocycles. The van der Waals surface area contributed by atoms with Gasteiger partial charge in [-0.2, -0.15) is 18.6 Å². The highest BCUT2D eigenvalue weighted by atomic mass is 32.2. The van der Waals surface area contributed by atoms with Crippen LogP contribution in [0.4, 0.5) is 28.4 Å². The number of hydrogen-bond donors (Lipinski definition) is 4. The van der Waals surface area contributed by atoms with Gasteiger partial charge in [-0.1, -0.05) is 69.1 Å². The van der Waals surface area contributed by atoms with Gasteiger partial charge in [0.15, 0.2) is 5.75 Å². The Morgan fingerprint density at radius 1 is 0.800 bits per heavy atom. The number of aromatic hydroxyl groups is 1. The zero-order valence-corrected chi connectivity index (χ0v) is 23.7. The Hall–Kier alpha value is -3.92. The van der Waals surface area contributed by atoms with Crippen LogP contribution in [0.5, 0.6) is 5.75 Å². The van der Waals surface area contributed by atoms with Crippen molar-refractivity contribution in [3.05, 3.63) is 72.8 Å². The second kappa shape index (κ2) is 15.6. The molecule has 4 aromatic rings. The number of nitrogens with zero attached hydrogens (tertiary/aromatic N) is 4. The van der Waals surface area contributed by atoms with Crippen LogP contribution in [0.15, 0.2) is 103 Å². The van der Waals surface area contributed by atoms with Crippen molar-refractivity contribution in [3.8, 4) is 5.75 Å². The van der Waals surface area contributed by atoms with Gasteiger partial charge in [0, 0.05) is 0 Å². The van der Waals surface area contributed by atoms with Crippen LogP contribution >= 0.6 is 12.0 Å². The van der Waals surface area contributed by atoms with E-state index in [-0.39, 0.29) is 32.7 Å². The van der Waals surface area contributed by atoms with Crippen molar-refractivity contribution in [1.82, 2.24) is 0 Å². The molecule has 12 nitrogen and oxygen atoms in total. The van der Waals surface area contributed by atoms with Crippen LogP contribution in [0, 0.1) is 0 Å². The highest BCUT2D eigenvalue weighted by Crippen LogP contribution is 2.49. The second-order valence-corrected chi connectivity index (χ2v) is 9.21. The van der Waals surface area contributed by atoms with Gasteiger partial charge in [0.2, 0.25) is 0 Å². The number of fused-ring (bicyclic) bond motifs is 1. The molecule has 0 spiro atoms. The molecule has 0 aromatic heterocycles. The third-order valence-electron chi connectivity index (χ3n) is 4.79. The normalized spacial score (nSPS) is 11.2. The molecular formula is C26H29N5O7S2. The molecule has 14 heteroatoms. The van der Waals surface area contributed by atoms with E-state index in [1.165, 1.54) is 6.07 Å². The molecule has 0 radical (unpaired) electrons. The zero-order valence-electron chi connectivity index (χ0n) is 22.1. The lowest BCUT2D eigenvalue weighted by Crippen LogP contribution is -2.02. The Balaban J connectivity index is 0.00000134. The highest BCUT2D eigenvalue weighted by Gasteiger charge is 2.25. The molecule has 0 heterocycles. The summed E-state index contributed by atoms with van der Waals surface area (Å²) in [5.74, 6) is -0.494. The Bertz CT molecular complexity index is 1570. The number of azo groups is 2. The van der Waals surface area contributed by atoms with Gasteiger partial charge in [0.05, 0.1) is 39.4 Å². The average molecular weight is 588 g/mol. The molecule has 0 aliphatic rings. The number of anilines is 1. The first-order valence-electron chi connectivity index (χ1n) is 12.0. The summed E-state index contributed by atoms with van der Waals surface area (Å²) in [5.41, 5.74) is 6.32. The molecule has 5 N–H and O–H groups in total. The van der Waals surface area contributed by atoms with Crippen LogP contribution in [-0.4, -0.2) is 23.3 Å². The molecule has 0 fully saturated rings. The van der Waals surface area contributed by atoms with Crippen molar-refractivity contribution < 1.29 is 32.7 Å². The number of phenols is 1. The van der Waals surface area contributed by atoms with Crippen molar-refractivity contribution >= 4 is 61.4 Å². The van der Waals surface area contributed by atoms with Gasteiger partial charge >= 0.3 is 0 Å². The van der Waals surface area contributed by atoms with Crippen molar-refractivity contribution in [1.29, 1.82) is 0 Å². The molecule has 0 amide bonds. The predicted octanol–water partition coefficient (Wildman–Crippen LogP) is 8.69. The number of hydrogen-bond acceptors (Lipinski definition) is 12. The van der Waals surface area contributed by atoms with Crippen LogP contribution in [0.3, 0.4) is 0 Å². The maximum atomic E-state index is 12.1. The fourth-order valence-electron chi connectivity index (χ4n) is 3.23. The molecule has 0 aliphatic carbocycles. The quantitative estimate of drug-likeness (QED) is 0.0390. The smallest absolute Gasteiger partial charge is 0.296 e. The number of rotatable bonds is 8. The van der Waals surface area contributed by atoms with Gasteiger partial charge in [-0.05, 0) is 41.8 Å². The van der Waals surface area contributed by atoms with Gasteiger partial charge < -0.3 is 10.8 Å². The Labute approximate surface area is 236 Å². The summed E-state index contributed by atoms with van der Waals surface area (Å²) in [6.07, 6.45) is 0. The molecule has 0 atom stereocenters. The van der Waals surface area contributed by atoms with E-state index in [1.54, 1.807) is 60.7 Å². The molecule has 0 aliphatic heterocycles. The van der Waals surface area contributed by atoms with Crippen molar-refractivity contribution in [2.24, 2.45) is 20.5 Å². The largest absolute Gasteiger partial charge is 0.505 e. The molecule has 212 valence electrons. The molecule has 4 rings (SSSR count). The van der Waals surface area contributed by atoms with E-state index in [1.807, 2.05) is 27.7 Å². The van der Waals surface area contributed by atoms with E-state index in [4.69, 9.17) is 11.0 Å². The van der Waals surface area contributed by atoms with E-state index in [0.29, 0.717) is 23.4 Å². The molecule has 4 aromatic carbocycles. The minimum Gasteiger partial charge on any atom is -0.505 e. The third-order valence-corrected chi connectivity index (χ3v) is 6.28. The van der Waals surface area contributed by atoms with Gasteiger partial charge in [0.25, 0.3) is 10.1 Å². The summed E-state index contributed by atoms with van der Waals surface area (Å²) in [6, 6.07) is 19.5. The zero-order chi connectivity index (χ0) is 29.7. The molecule has 0 unspecified atom stereocenters. The summed E-state index contributed by atoms with van der Waals surface area (Å²) < 4.78 is 38.6. The fraction of sp³-hybridized carbons (Fsp3) is 0.154. The second-order valence-electron chi connectivity index (χ2n) is 7.08. The summed E-state index contributed by atoms with van der Waals surface area (Å²) in [4.78, 5) is -0.561. The summed E-state index contributed by atoms with van der Waals surface area (Å²) >= 11 is 0.461. The van der Waals surface area contributed by atoms with Crippen molar-refractivity contribution in [2.45, 2.75) is 37.5 Å². The van der Waals surface area contributed by atoms with E-state index in [9.17, 15) is 18.1 Å². The third kappa shape index (κ3) is 8.05. The average Bonchev–Trinajstić information content (AvgIpc) is 2.97. The monoisotopic (exact) mass is 587 g/mol. The topological polar surface area (TPSA) is 189 Å². The fourth-order valence-corrected chi connectivity index (χ4v) is 4.39. The van der Waals surface area contributed by atoms with Crippen LogP contribution in [-0.2, 0) is 19.5 Å². The number of nitrogens with two attached hydrogens (primary N) is 1. The van der Waals surface area contributed by atoms with Crippen LogP contribution in [0.25, 0.3) is 10.8 Å². The number of phenolic OH excluding ortho intramolecular Hbond substituents is 1. The molecular weight excluding hydrogens is 558 g/mol. The maximum Gasteiger partial charge on any atom is 0.296 e. The molecule has 0 bridgehead atoms. The minimum atomic E-state index is -4.81. The number of nitrogen functional groups attached to an aromatic ring is 1. The highest BCUT2D eigenvalue weighted by molar-refractivity contribution is 7.94. The lowest BCUT2D eigenvalue weighted by atomic mass is 10.1. The van der Waals surface area contributed by atoms with Crippen LogP contribution < -0.4 is 5.73 Å². The summed E-state index contributed by atoms with van der Waals surface area (Å²) in [6.45, 7) is 8.00. The first-order valence-corrected chi connectivity index (χ1v) is 14.2. The first kappa shape index (κ1) is 32.3. The summed E-state index contributed by atoms with van der Waals surface area (Å²) in [5, 5.41) is 39.4. The van der Waals surface area contributed by atoms with E-state index >= 15 is 0 Å². The van der Waals surface area contributed by atoms with Gasteiger partial charge in [-0.15, -0.1) is 14.6 Å². The van der Waals surface area contributed by atoms with E-state index in [0.717, 1.165) is 6.07 Å². The Kier molecular flexibility index (Phi) is 12.6. The van der Waals surface area contributed by atoms with E-state index < -0.39 is 20.8 Å². The minimum absolute atomic E-state index is 0.0271. The van der Waals surface area contributed by atoms with Crippen molar-refractivity contribution in [2.75, 3.05) is 5.73 Å². The van der Waals surface area contributed by atoms with Crippen LogP contribution in [0.2, 0.25) is 0 Å². The standard InChI is InChI=1S/C22H17N5O7S2.2C2H6/c23-19-18-13(12-17(36(30,31)32)21(19)27-25-15-9-5-2-6-10-15)11-16(35-34-33-29)20(22(18)28)26-24-14-7-3-1-4-8-14;2*1-2/h1-12,28-29H,23H2,(H,30,31,32);2*1-2H3. The van der Waals surface area contributed by atoms with Crippen molar-refractivity contribution in [3.63, 3.8) is 0 Å². The van der Waals surface area contributed by atoms with Gasteiger partial charge in [-0.3, -0.25) is 4.55 Å². The Morgan fingerprint density at radius 2 is 1.30 bits per heavy atom. The lowest BCUT2D eigenvalue weighted by molar-refractivity contribution is -0.432.